The van der Waals surface area contributed by atoms with Gasteiger partial charge in [0, 0.05) is 18.2 Å². The highest BCUT2D eigenvalue weighted by Gasteiger charge is 2.24. The Morgan fingerprint density at radius 2 is 2.00 bits per heavy atom. The molecule has 0 aliphatic rings. The van der Waals surface area contributed by atoms with Crippen LogP contribution in [0.2, 0.25) is 5.15 Å². The van der Waals surface area contributed by atoms with Crippen molar-refractivity contribution >= 4 is 11.6 Å². The number of aliphatic hydroxyl groups excluding tert-OH is 1. The Hall–Kier alpha value is -1.72. The Morgan fingerprint density at radius 3 is 2.50 bits per heavy atom. The monoisotopic (exact) mass is 296 g/mol. The Balaban J connectivity index is 2.54. The van der Waals surface area contributed by atoms with Crippen molar-refractivity contribution in [3.63, 3.8) is 0 Å². The van der Waals surface area contributed by atoms with E-state index in [9.17, 15) is 5.11 Å². The Morgan fingerprint density at radius 1 is 1.30 bits per heavy atom. The van der Waals surface area contributed by atoms with Crippen LogP contribution in [0.1, 0.15) is 22.9 Å². The number of aryl methyl sites for hydroxylation is 2. The number of hydrogen-bond donors (Lipinski definition) is 1. The molecule has 2 aromatic rings. The third kappa shape index (κ3) is 2.46. The van der Waals surface area contributed by atoms with Gasteiger partial charge in [-0.1, -0.05) is 11.6 Å². The summed E-state index contributed by atoms with van der Waals surface area (Å²) in [6.07, 6.45) is -0.929. The van der Waals surface area contributed by atoms with Gasteiger partial charge in [0.05, 0.1) is 19.9 Å². The number of rotatable bonds is 4. The molecule has 1 unspecified atom stereocenters. The van der Waals surface area contributed by atoms with Crippen LogP contribution in [-0.4, -0.2) is 29.1 Å². The van der Waals surface area contributed by atoms with Crippen molar-refractivity contribution in [1.29, 1.82) is 0 Å². The van der Waals surface area contributed by atoms with Crippen molar-refractivity contribution in [2.24, 2.45) is 7.05 Å². The zero-order valence-corrected chi connectivity index (χ0v) is 12.6. The van der Waals surface area contributed by atoms with Crippen molar-refractivity contribution in [2.45, 2.75) is 13.0 Å². The van der Waals surface area contributed by atoms with Gasteiger partial charge in [0.2, 0.25) is 0 Å². The topological polar surface area (TPSA) is 56.5 Å². The molecule has 20 heavy (non-hydrogen) atoms. The van der Waals surface area contributed by atoms with Gasteiger partial charge in [-0.3, -0.25) is 4.68 Å². The molecule has 0 aliphatic heterocycles. The van der Waals surface area contributed by atoms with Crippen LogP contribution >= 0.6 is 11.6 Å². The van der Waals surface area contributed by atoms with Crippen LogP contribution < -0.4 is 9.47 Å². The zero-order valence-electron chi connectivity index (χ0n) is 11.8. The van der Waals surface area contributed by atoms with E-state index in [1.54, 1.807) is 46.4 Å². The summed E-state index contributed by atoms with van der Waals surface area (Å²) in [5.74, 6) is 1.20. The molecular weight excluding hydrogens is 280 g/mol. The second-order valence-corrected chi connectivity index (χ2v) is 4.78. The summed E-state index contributed by atoms with van der Waals surface area (Å²) in [6, 6.07) is 5.25. The van der Waals surface area contributed by atoms with Crippen LogP contribution in [0.25, 0.3) is 0 Å². The van der Waals surface area contributed by atoms with Gasteiger partial charge in [0.25, 0.3) is 0 Å². The minimum Gasteiger partial charge on any atom is -0.497 e. The Labute approximate surface area is 122 Å². The van der Waals surface area contributed by atoms with E-state index in [2.05, 4.69) is 5.10 Å². The van der Waals surface area contributed by atoms with E-state index in [1.807, 2.05) is 0 Å². The number of hydrogen-bond acceptors (Lipinski definition) is 4. The fourth-order valence-electron chi connectivity index (χ4n) is 2.17. The van der Waals surface area contributed by atoms with Gasteiger partial charge in [-0.05, 0) is 25.1 Å². The molecule has 1 N–H and O–H groups in total. The van der Waals surface area contributed by atoms with Crippen LogP contribution in [0.15, 0.2) is 18.2 Å². The predicted octanol–water partition coefficient (Wildman–Crippen LogP) is 2.48. The van der Waals surface area contributed by atoms with Gasteiger partial charge in [0.1, 0.15) is 22.8 Å². The summed E-state index contributed by atoms with van der Waals surface area (Å²) in [4.78, 5) is 0. The summed E-state index contributed by atoms with van der Waals surface area (Å²) < 4.78 is 12.0. The van der Waals surface area contributed by atoms with Gasteiger partial charge in [0.15, 0.2) is 0 Å². The van der Waals surface area contributed by atoms with Crippen molar-refractivity contribution in [3.8, 4) is 11.5 Å². The Bertz CT molecular complexity index is 625. The Kier molecular flexibility index (Phi) is 4.20. The quantitative estimate of drug-likeness (QED) is 0.942. The maximum atomic E-state index is 10.6. The molecule has 0 radical (unpaired) electrons. The lowest BCUT2D eigenvalue weighted by atomic mass is 10.0. The number of ether oxygens (including phenoxy) is 2. The first kappa shape index (κ1) is 14.7. The fraction of sp³-hybridized carbons (Fsp3) is 0.357. The van der Waals surface area contributed by atoms with Crippen molar-refractivity contribution in [1.82, 2.24) is 9.78 Å². The van der Waals surface area contributed by atoms with Gasteiger partial charge in [-0.2, -0.15) is 5.10 Å². The normalized spacial score (nSPS) is 12.3. The molecule has 0 saturated heterocycles. The highest BCUT2D eigenvalue weighted by Crippen LogP contribution is 2.36. The smallest absolute Gasteiger partial charge is 0.133 e. The SMILES string of the molecule is COc1ccc(OC)c(C(O)c2c(C)nn(C)c2Cl)c1. The van der Waals surface area contributed by atoms with E-state index in [0.29, 0.717) is 33.5 Å². The second kappa shape index (κ2) is 5.73. The first-order valence-electron chi connectivity index (χ1n) is 6.08. The summed E-state index contributed by atoms with van der Waals surface area (Å²) >= 11 is 6.20. The molecule has 0 saturated carbocycles. The summed E-state index contributed by atoms with van der Waals surface area (Å²) in [5.41, 5.74) is 1.83. The van der Waals surface area contributed by atoms with Crippen molar-refractivity contribution < 1.29 is 14.6 Å². The standard InChI is InChI=1S/C14H17ClN2O3/c1-8-12(14(15)17(2)16-8)13(18)10-7-9(19-3)5-6-11(10)20-4/h5-7,13,18H,1-4H3. The fourth-order valence-corrected chi connectivity index (χ4v) is 2.44. The molecule has 1 heterocycles. The molecule has 1 atom stereocenters. The number of halogens is 1. The van der Waals surface area contributed by atoms with E-state index in [0.717, 1.165) is 0 Å². The van der Waals surface area contributed by atoms with E-state index in [4.69, 9.17) is 21.1 Å². The van der Waals surface area contributed by atoms with Crippen LogP contribution in [0.3, 0.4) is 0 Å². The van der Waals surface area contributed by atoms with Crippen LogP contribution in [0, 0.1) is 6.92 Å². The van der Waals surface area contributed by atoms with Crippen molar-refractivity contribution in [3.05, 3.63) is 40.2 Å². The molecular formula is C14H17ClN2O3. The lowest BCUT2D eigenvalue weighted by Gasteiger charge is -2.16. The lowest BCUT2D eigenvalue weighted by molar-refractivity contribution is 0.213. The highest BCUT2D eigenvalue weighted by molar-refractivity contribution is 6.30. The second-order valence-electron chi connectivity index (χ2n) is 4.42. The van der Waals surface area contributed by atoms with Crippen LogP contribution in [0.5, 0.6) is 11.5 Å². The summed E-state index contributed by atoms with van der Waals surface area (Å²) in [6.45, 7) is 1.80. The van der Waals surface area contributed by atoms with Gasteiger partial charge in [-0.15, -0.1) is 0 Å². The summed E-state index contributed by atoms with van der Waals surface area (Å²) in [7, 11) is 4.85. The van der Waals surface area contributed by atoms with E-state index >= 15 is 0 Å². The van der Waals surface area contributed by atoms with Gasteiger partial charge < -0.3 is 14.6 Å². The molecule has 108 valence electrons. The van der Waals surface area contributed by atoms with Gasteiger partial charge >= 0.3 is 0 Å². The van der Waals surface area contributed by atoms with Crippen molar-refractivity contribution in [2.75, 3.05) is 14.2 Å². The third-order valence-electron chi connectivity index (χ3n) is 3.20. The third-order valence-corrected chi connectivity index (χ3v) is 3.65. The number of aliphatic hydroxyl groups is 1. The molecule has 2 rings (SSSR count). The van der Waals surface area contributed by atoms with Crippen LogP contribution in [-0.2, 0) is 7.05 Å². The molecule has 0 bridgehead atoms. The van der Waals surface area contributed by atoms with E-state index < -0.39 is 6.10 Å². The highest BCUT2D eigenvalue weighted by atomic mass is 35.5. The minimum atomic E-state index is -0.929. The summed E-state index contributed by atoms with van der Waals surface area (Å²) in [5, 5.41) is 15.2. The predicted molar refractivity (Wildman–Crippen MR) is 76.6 cm³/mol. The number of aromatic nitrogens is 2. The molecule has 0 aliphatic carbocycles. The first-order chi connectivity index (χ1) is 9.49. The molecule has 5 nitrogen and oxygen atoms in total. The minimum absolute atomic E-state index is 0.403. The average molecular weight is 297 g/mol. The maximum Gasteiger partial charge on any atom is 0.133 e. The maximum absolute atomic E-state index is 10.6. The van der Waals surface area contributed by atoms with Crippen LogP contribution in [0.4, 0.5) is 0 Å². The molecule has 1 aromatic heterocycles. The number of methoxy groups -OCH3 is 2. The molecule has 1 aromatic carbocycles. The molecule has 0 fully saturated rings. The zero-order chi connectivity index (χ0) is 14.9. The number of benzene rings is 1. The van der Waals surface area contributed by atoms with E-state index in [-0.39, 0.29) is 0 Å². The molecule has 6 heteroatoms. The molecule has 0 amide bonds. The van der Waals surface area contributed by atoms with E-state index in [1.165, 1.54) is 4.68 Å². The largest absolute Gasteiger partial charge is 0.497 e. The average Bonchev–Trinajstić information content (AvgIpc) is 2.70. The molecule has 0 spiro atoms. The lowest BCUT2D eigenvalue weighted by Crippen LogP contribution is -2.04. The number of nitrogens with zero attached hydrogens (tertiary/aromatic N) is 2. The van der Waals surface area contributed by atoms with Gasteiger partial charge in [-0.25, -0.2) is 0 Å². The first-order valence-corrected chi connectivity index (χ1v) is 6.46.